The SMILES string of the molecule is CC(COCc1ncc(F)c(=O)[nH]1)NC1CCCCC1.N#CC1(CNc2cccc(-c3cc(N)ncc3Cl)n2)CCOCC1. The highest BCUT2D eigenvalue weighted by Gasteiger charge is 2.32. The van der Waals surface area contributed by atoms with Gasteiger partial charge in [-0.2, -0.15) is 9.65 Å². The Balaban J connectivity index is 0.000000204. The lowest BCUT2D eigenvalue weighted by Gasteiger charge is -2.30. The Morgan fingerprint density at radius 3 is 2.75 bits per heavy atom. The van der Waals surface area contributed by atoms with E-state index < -0.39 is 16.8 Å². The van der Waals surface area contributed by atoms with Crippen molar-refractivity contribution >= 4 is 23.2 Å². The van der Waals surface area contributed by atoms with Gasteiger partial charge in [0, 0.05) is 43.6 Å². The summed E-state index contributed by atoms with van der Waals surface area (Å²) in [7, 11) is 0. The second-order valence-corrected chi connectivity index (χ2v) is 11.7. The average molecular weight is 627 g/mol. The van der Waals surface area contributed by atoms with E-state index >= 15 is 0 Å². The molecule has 1 aliphatic heterocycles. The van der Waals surface area contributed by atoms with Crippen LogP contribution in [-0.4, -0.2) is 58.4 Å². The molecule has 3 aromatic rings. The van der Waals surface area contributed by atoms with Crippen LogP contribution in [0.4, 0.5) is 16.0 Å². The number of anilines is 2. The topological polar surface area (TPSA) is 164 Å². The second-order valence-electron chi connectivity index (χ2n) is 11.3. The summed E-state index contributed by atoms with van der Waals surface area (Å²) >= 11 is 6.19. The number of H-pyrrole nitrogens is 1. The number of nitrogens with one attached hydrogen (secondary N) is 3. The van der Waals surface area contributed by atoms with Crippen LogP contribution < -0.4 is 21.9 Å². The number of nitriles is 1. The number of nitrogens with two attached hydrogens (primary N) is 1. The third-order valence-corrected chi connectivity index (χ3v) is 8.04. The van der Waals surface area contributed by atoms with Crippen LogP contribution in [0.1, 0.15) is 57.7 Å². The first-order valence-electron chi connectivity index (χ1n) is 15.0. The van der Waals surface area contributed by atoms with Crippen LogP contribution in [0, 0.1) is 22.6 Å². The Bertz CT molecular complexity index is 1450. The van der Waals surface area contributed by atoms with Crippen molar-refractivity contribution in [2.75, 3.05) is 37.4 Å². The zero-order valence-corrected chi connectivity index (χ0v) is 25.7. The molecule has 11 nitrogen and oxygen atoms in total. The molecule has 13 heteroatoms. The molecule has 2 aliphatic rings. The fourth-order valence-electron chi connectivity index (χ4n) is 5.23. The van der Waals surface area contributed by atoms with Gasteiger partial charge in [0.25, 0.3) is 5.56 Å². The smallest absolute Gasteiger partial charge is 0.287 e. The van der Waals surface area contributed by atoms with Crippen molar-refractivity contribution in [1.29, 1.82) is 5.26 Å². The van der Waals surface area contributed by atoms with Gasteiger partial charge in [0.05, 0.1) is 35.0 Å². The Labute approximate surface area is 261 Å². The van der Waals surface area contributed by atoms with E-state index in [1.165, 1.54) is 38.3 Å². The molecular weight excluding hydrogens is 587 g/mol. The number of pyridine rings is 2. The molecule has 0 bridgehead atoms. The molecule has 1 saturated carbocycles. The highest BCUT2D eigenvalue weighted by atomic mass is 35.5. The minimum Gasteiger partial charge on any atom is -0.384 e. The van der Waals surface area contributed by atoms with Crippen molar-refractivity contribution in [3.63, 3.8) is 0 Å². The van der Waals surface area contributed by atoms with Gasteiger partial charge in [-0.05, 0) is 50.8 Å². The van der Waals surface area contributed by atoms with Crippen molar-refractivity contribution in [2.45, 2.75) is 70.6 Å². The van der Waals surface area contributed by atoms with E-state index in [0.29, 0.717) is 60.6 Å². The van der Waals surface area contributed by atoms with E-state index in [0.717, 1.165) is 24.6 Å². The second kappa shape index (κ2) is 16.4. The summed E-state index contributed by atoms with van der Waals surface area (Å²) in [5.74, 6) is 0.558. The molecule has 1 atom stereocenters. The number of ether oxygens (including phenoxy) is 2. The maximum atomic E-state index is 12.8. The van der Waals surface area contributed by atoms with Crippen LogP contribution in [0.15, 0.2) is 41.5 Å². The number of aromatic nitrogens is 4. The fraction of sp³-hybridized carbons (Fsp3) is 0.516. The van der Waals surface area contributed by atoms with Gasteiger partial charge >= 0.3 is 0 Å². The molecule has 0 amide bonds. The van der Waals surface area contributed by atoms with Crippen LogP contribution in [0.3, 0.4) is 0 Å². The standard InChI is InChI=1S/C17H18ClN5O.C14H22FN3O2/c18-13-9-21-15(20)8-12(13)14-2-1-3-16(23-14)22-11-17(10-19)4-6-24-7-5-17;1-10(17-11-5-3-2-4-6-11)8-20-9-13-16-7-12(15)14(19)18-13/h1-3,8-9H,4-7,11H2,(H2,20,21)(H,22,23);7,10-11,17H,2-6,8-9H2,1H3,(H,16,18,19). The quantitative estimate of drug-likeness (QED) is 0.245. The number of nitrogens with zero attached hydrogens (tertiary/aromatic N) is 4. The first kappa shape index (κ1) is 33.3. The van der Waals surface area contributed by atoms with Crippen LogP contribution in [0.25, 0.3) is 11.3 Å². The van der Waals surface area contributed by atoms with Gasteiger partial charge in [0.2, 0.25) is 5.82 Å². The van der Waals surface area contributed by atoms with Crippen LogP contribution in [-0.2, 0) is 16.1 Å². The van der Waals surface area contributed by atoms with Gasteiger partial charge in [-0.25, -0.2) is 15.0 Å². The number of hydrogen-bond donors (Lipinski definition) is 4. The number of nitrogen functional groups attached to an aromatic ring is 1. The van der Waals surface area contributed by atoms with Gasteiger partial charge in [-0.15, -0.1) is 0 Å². The third kappa shape index (κ3) is 9.95. The molecule has 1 aliphatic carbocycles. The maximum Gasteiger partial charge on any atom is 0.287 e. The summed E-state index contributed by atoms with van der Waals surface area (Å²) in [6.07, 6.45) is 10.3. The van der Waals surface area contributed by atoms with Crippen LogP contribution >= 0.6 is 11.6 Å². The summed E-state index contributed by atoms with van der Waals surface area (Å²) in [4.78, 5) is 25.7. The number of hydrogen-bond acceptors (Lipinski definition) is 10. The molecule has 44 heavy (non-hydrogen) atoms. The summed E-state index contributed by atoms with van der Waals surface area (Å²) < 4.78 is 23.6. The maximum absolute atomic E-state index is 12.8. The molecule has 1 unspecified atom stereocenters. The van der Waals surface area contributed by atoms with E-state index in [1.54, 1.807) is 6.07 Å². The summed E-state index contributed by atoms with van der Waals surface area (Å²) in [6.45, 7) is 4.58. The molecule has 0 spiro atoms. The average Bonchev–Trinajstić information content (AvgIpc) is 3.04. The monoisotopic (exact) mass is 626 g/mol. The predicted molar refractivity (Wildman–Crippen MR) is 167 cm³/mol. The molecule has 3 aromatic heterocycles. The Kier molecular flexibility index (Phi) is 12.4. The number of halogens is 2. The van der Waals surface area contributed by atoms with Crippen molar-refractivity contribution in [2.24, 2.45) is 5.41 Å². The van der Waals surface area contributed by atoms with Crippen molar-refractivity contribution in [3.8, 4) is 17.3 Å². The van der Waals surface area contributed by atoms with Crippen molar-refractivity contribution in [1.82, 2.24) is 25.3 Å². The zero-order valence-electron chi connectivity index (χ0n) is 25.0. The number of aromatic amines is 1. The lowest BCUT2D eigenvalue weighted by atomic mass is 9.82. The van der Waals surface area contributed by atoms with Crippen molar-refractivity contribution < 1.29 is 13.9 Å². The molecule has 0 radical (unpaired) electrons. The van der Waals surface area contributed by atoms with E-state index in [2.05, 4.69) is 43.6 Å². The first-order chi connectivity index (χ1) is 21.3. The van der Waals surface area contributed by atoms with Gasteiger partial charge in [0.15, 0.2) is 0 Å². The van der Waals surface area contributed by atoms with Crippen LogP contribution in [0.2, 0.25) is 5.02 Å². The van der Waals surface area contributed by atoms with E-state index in [-0.39, 0.29) is 12.6 Å². The minimum absolute atomic E-state index is 0.187. The molecule has 2 fully saturated rings. The number of rotatable bonds is 10. The zero-order chi connectivity index (χ0) is 31.4. The first-order valence-corrected chi connectivity index (χ1v) is 15.3. The Morgan fingerprint density at radius 1 is 1.25 bits per heavy atom. The molecule has 236 valence electrons. The third-order valence-electron chi connectivity index (χ3n) is 7.74. The minimum atomic E-state index is -0.874. The highest BCUT2D eigenvalue weighted by Crippen LogP contribution is 2.31. The van der Waals surface area contributed by atoms with E-state index in [4.69, 9.17) is 26.8 Å². The molecule has 0 aromatic carbocycles. The summed E-state index contributed by atoms with van der Waals surface area (Å²) in [6, 6.07) is 10.6. The van der Waals surface area contributed by atoms with E-state index in [9.17, 15) is 14.4 Å². The molecular formula is C31H40ClFN8O3. The predicted octanol–water partition coefficient (Wildman–Crippen LogP) is 4.85. The normalized spacial score (nSPS) is 17.1. The molecule has 5 rings (SSSR count). The summed E-state index contributed by atoms with van der Waals surface area (Å²) in [5, 5.41) is 16.8. The van der Waals surface area contributed by atoms with Gasteiger partial charge in [-0.1, -0.05) is 36.9 Å². The van der Waals surface area contributed by atoms with Gasteiger partial charge in [0.1, 0.15) is 24.1 Å². The fourth-order valence-corrected chi connectivity index (χ4v) is 5.43. The van der Waals surface area contributed by atoms with Crippen molar-refractivity contribution in [3.05, 3.63) is 63.7 Å². The molecule has 4 heterocycles. The lowest BCUT2D eigenvalue weighted by molar-refractivity contribution is 0.0455. The van der Waals surface area contributed by atoms with Gasteiger partial charge in [-0.3, -0.25) is 4.79 Å². The Morgan fingerprint density at radius 2 is 2.02 bits per heavy atom. The summed E-state index contributed by atoms with van der Waals surface area (Å²) in [5.41, 5.74) is 6.00. The largest absolute Gasteiger partial charge is 0.384 e. The highest BCUT2D eigenvalue weighted by molar-refractivity contribution is 6.33. The lowest BCUT2D eigenvalue weighted by Crippen LogP contribution is -2.40. The molecule has 1 saturated heterocycles. The van der Waals surface area contributed by atoms with Gasteiger partial charge < -0.3 is 30.8 Å². The molecule has 5 N–H and O–H groups in total. The van der Waals surface area contributed by atoms with E-state index in [1.807, 2.05) is 18.2 Å². The Hall–Kier alpha value is -3.63. The van der Waals surface area contributed by atoms with Crippen LogP contribution in [0.5, 0.6) is 0 Å².